The summed E-state index contributed by atoms with van der Waals surface area (Å²) in [6.07, 6.45) is 3.51. The summed E-state index contributed by atoms with van der Waals surface area (Å²) in [5.74, 6) is 1.35. The number of benzene rings is 1. The molecule has 0 saturated carbocycles. The third-order valence-electron chi connectivity index (χ3n) is 3.42. The molecule has 116 valence electrons. The van der Waals surface area contributed by atoms with Crippen molar-refractivity contribution in [2.24, 2.45) is 0 Å². The Morgan fingerprint density at radius 2 is 1.67 bits per heavy atom. The fourth-order valence-corrected chi connectivity index (χ4v) is 2.88. The van der Waals surface area contributed by atoms with Gasteiger partial charge < -0.3 is 5.32 Å². The Hall–Kier alpha value is -3.12. The number of rotatable bonds is 4. The van der Waals surface area contributed by atoms with Gasteiger partial charge in [0, 0.05) is 23.9 Å². The highest BCUT2D eigenvalue weighted by atomic mass is 32.1. The first kappa shape index (κ1) is 14.5. The standard InChI is InChI=1S/C18H13N5S/c1-2-6-13(7-3-1)14-9-11-20-16(12-14)21-18-22-17(23-24-18)15-8-4-5-10-19-15/h1-12H,(H,20,21,22,23). The van der Waals surface area contributed by atoms with Crippen molar-refractivity contribution in [2.45, 2.75) is 0 Å². The number of nitrogens with one attached hydrogen (secondary N) is 1. The van der Waals surface area contributed by atoms with Gasteiger partial charge in [-0.15, -0.1) is 0 Å². The van der Waals surface area contributed by atoms with E-state index >= 15 is 0 Å². The van der Waals surface area contributed by atoms with E-state index in [0.717, 1.165) is 22.6 Å². The lowest BCUT2D eigenvalue weighted by Crippen LogP contribution is -1.93. The first-order chi connectivity index (χ1) is 11.9. The minimum atomic E-state index is 0.613. The van der Waals surface area contributed by atoms with Crippen molar-refractivity contribution in [1.82, 2.24) is 19.3 Å². The SMILES string of the molecule is c1ccc(-c2ccnc(Nc3nc(-c4ccccn4)ns3)c2)cc1. The molecule has 0 aliphatic rings. The molecule has 0 amide bonds. The summed E-state index contributed by atoms with van der Waals surface area (Å²) in [6.45, 7) is 0. The summed E-state index contributed by atoms with van der Waals surface area (Å²) in [5, 5.41) is 3.90. The summed E-state index contributed by atoms with van der Waals surface area (Å²) in [4.78, 5) is 13.1. The normalized spacial score (nSPS) is 10.5. The third-order valence-corrected chi connectivity index (χ3v) is 4.05. The lowest BCUT2D eigenvalue weighted by Gasteiger charge is -2.05. The Morgan fingerprint density at radius 1 is 0.792 bits per heavy atom. The van der Waals surface area contributed by atoms with Crippen LogP contribution in [0.2, 0.25) is 0 Å². The number of pyridine rings is 2. The van der Waals surface area contributed by atoms with Gasteiger partial charge in [0.15, 0.2) is 5.82 Å². The monoisotopic (exact) mass is 331 g/mol. The van der Waals surface area contributed by atoms with E-state index in [-0.39, 0.29) is 0 Å². The zero-order valence-corrected chi connectivity index (χ0v) is 13.4. The van der Waals surface area contributed by atoms with Crippen LogP contribution in [-0.2, 0) is 0 Å². The lowest BCUT2D eigenvalue weighted by atomic mass is 10.1. The van der Waals surface area contributed by atoms with E-state index in [1.54, 1.807) is 12.4 Å². The molecule has 0 aliphatic carbocycles. The largest absolute Gasteiger partial charge is 0.315 e. The van der Waals surface area contributed by atoms with Gasteiger partial charge in [0.25, 0.3) is 0 Å². The van der Waals surface area contributed by atoms with Gasteiger partial charge in [-0.05, 0) is 35.4 Å². The molecule has 0 radical (unpaired) electrons. The zero-order valence-electron chi connectivity index (χ0n) is 12.6. The maximum Gasteiger partial charge on any atom is 0.208 e. The molecule has 3 heterocycles. The summed E-state index contributed by atoms with van der Waals surface area (Å²) < 4.78 is 4.34. The van der Waals surface area contributed by atoms with Gasteiger partial charge in [0.05, 0.1) is 0 Å². The Kier molecular flexibility index (Phi) is 3.95. The van der Waals surface area contributed by atoms with Crippen LogP contribution in [0.25, 0.3) is 22.6 Å². The Labute approximate surface area is 143 Å². The van der Waals surface area contributed by atoms with Crippen LogP contribution in [0.1, 0.15) is 0 Å². The first-order valence-electron chi connectivity index (χ1n) is 7.42. The molecule has 1 N–H and O–H groups in total. The summed E-state index contributed by atoms with van der Waals surface area (Å²) >= 11 is 1.29. The Morgan fingerprint density at radius 3 is 2.50 bits per heavy atom. The van der Waals surface area contributed by atoms with E-state index in [0.29, 0.717) is 11.0 Å². The minimum Gasteiger partial charge on any atom is -0.315 e. The molecule has 5 nitrogen and oxygen atoms in total. The van der Waals surface area contributed by atoms with Crippen LogP contribution < -0.4 is 5.32 Å². The van der Waals surface area contributed by atoms with Gasteiger partial charge in [-0.3, -0.25) is 4.98 Å². The fraction of sp³-hybridized carbons (Fsp3) is 0. The first-order valence-corrected chi connectivity index (χ1v) is 8.19. The van der Waals surface area contributed by atoms with Gasteiger partial charge >= 0.3 is 0 Å². The van der Waals surface area contributed by atoms with Gasteiger partial charge in [0.1, 0.15) is 11.5 Å². The average Bonchev–Trinajstić information content (AvgIpc) is 3.12. The molecule has 0 unspecified atom stereocenters. The zero-order chi connectivity index (χ0) is 16.2. The van der Waals surface area contributed by atoms with Crippen molar-refractivity contribution in [3.05, 3.63) is 73.1 Å². The van der Waals surface area contributed by atoms with Crippen LogP contribution in [0.5, 0.6) is 0 Å². The second-order valence-electron chi connectivity index (χ2n) is 5.06. The molecule has 0 aliphatic heterocycles. The quantitative estimate of drug-likeness (QED) is 0.600. The van der Waals surface area contributed by atoms with Gasteiger partial charge in [-0.1, -0.05) is 36.4 Å². The van der Waals surface area contributed by atoms with Crippen molar-refractivity contribution in [2.75, 3.05) is 5.32 Å². The second kappa shape index (κ2) is 6.55. The number of hydrogen-bond donors (Lipinski definition) is 1. The molecule has 0 saturated heterocycles. The molecule has 6 heteroatoms. The van der Waals surface area contributed by atoms with E-state index in [1.165, 1.54) is 11.5 Å². The summed E-state index contributed by atoms with van der Waals surface area (Å²) in [5.41, 5.74) is 3.00. The summed E-state index contributed by atoms with van der Waals surface area (Å²) in [6, 6.07) is 19.8. The van der Waals surface area contributed by atoms with E-state index < -0.39 is 0 Å². The molecular formula is C18H13N5S. The number of nitrogens with zero attached hydrogens (tertiary/aromatic N) is 4. The molecule has 4 aromatic rings. The molecular weight excluding hydrogens is 318 g/mol. The third kappa shape index (κ3) is 3.13. The smallest absolute Gasteiger partial charge is 0.208 e. The molecule has 0 atom stereocenters. The predicted molar refractivity (Wildman–Crippen MR) is 96.1 cm³/mol. The molecule has 3 aromatic heterocycles. The van der Waals surface area contributed by atoms with Crippen LogP contribution in [0, 0.1) is 0 Å². The molecule has 0 fully saturated rings. The Bertz CT molecular complexity index is 938. The number of anilines is 2. The number of hydrogen-bond acceptors (Lipinski definition) is 6. The second-order valence-corrected chi connectivity index (χ2v) is 5.81. The molecule has 4 rings (SSSR count). The Balaban J connectivity index is 1.57. The molecule has 0 spiro atoms. The highest BCUT2D eigenvalue weighted by Gasteiger charge is 2.08. The van der Waals surface area contributed by atoms with Crippen molar-refractivity contribution in [3.63, 3.8) is 0 Å². The predicted octanol–water partition coefficient (Wildman–Crippen LogP) is 4.41. The van der Waals surface area contributed by atoms with Crippen molar-refractivity contribution in [3.8, 4) is 22.6 Å². The van der Waals surface area contributed by atoms with Crippen LogP contribution in [0.15, 0.2) is 73.1 Å². The van der Waals surface area contributed by atoms with Crippen molar-refractivity contribution >= 4 is 22.5 Å². The lowest BCUT2D eigenvalue weighted by molar-refractivity contribution is 1.22. The number of aromatic nitrogens is 4. The van der Waals surface area contributed by atoms with Gasteiger partial charge in [0.2, 0.25) is 5.13 Å². The van der Waals surface area contributed by atoms with E-state index in [1.807, 2.05) is 48.5 Å². The van der Waals surface area contributed by atoms with Gasteiger partial charge in [-0.25, -0.2) is 4.98 Å². The van der Waals surface area contributed by atoms with E-state index in [2.05, 4.69) is 36.8 Å². The van der Waals surface area contributed by atoms with Crippen LogP contribution in [0.4, 0.5) is 10.9 Å². The van der Waals surface area contributed by atoms with Crippen LogP contribution >= 0.6 is 11.5 Å². The highest BCUT2D eigenvalue weighted by molar-refractivity contribution is 7.09. The maximum absolute atomic E-state index is 4.47. The fourth-order valence-electron chi connectivity index (χ4n) is 2.29. The minimum absolute atomic E-state index is 0.613. The van der Waals surface area contributed by atoms with Crippen LogP contribution in [-0.4, -0.2) is 19.3 Å². The average molecular weight is 331 g/mol. The molecule has 0 bridgehead atoms. The van der Waals surface area contributed by atoms with E-state index in [4.69, 9.17) is 0 Å². The summed E-state index contributed by atoms with van der Waals surface area (Å²) in [7, 11) is 0. The molecule has 24 heavy (non-hydrogen) atoms. The van der Waals surface area contributed by atoms with Crippen molar-refractivity contribution < 1.29 is 0 Å². The molecule has 1 aromatic carbocycles. The van der Waals surface area contributed by atoms with E-state index in [9.17, 15) is 0 Å². The topological polar surface area (TPSA) is 63.6 Å². The van der Waals surface area contributed by atoms with Crippen molar-refractivity contribution in [1.29, 1.82) is 0 Å². The van der Waals surface area contributed by atoms with Gasteiger partial charge in [-0.2, -0.15) is 9.36 Å². The van der Waals surface area contributed by atoms with Crippen LogP contribution in [0.3, 0.4) is 0 Å². The highest BCUT2D eigenvalue weighted by Crippen LogP contribution is 2.25. The maximum atomic E-state index is 4.47.